The van der Waals surface area contributed by atoms with E-state index in [1.54, 1.807) is 27.8 Å². The minimum Gasteiger partial charge on any atom is -0.351 e. The molecule has 26 heavy (non-hydrogen) atoms. The molecule has 1 aliphatic heterocycles. The van der Waals surface area contributed by atoms with E-state index in [-0.39, 0.29) is 17.5 Å². The van der Waals surface area contributed by atoms with Crippen LogP contribution in [-0.2, 0) is 13.1 Å². The zero-order chi connectivity index (χ0) is 18.7. The predicted molar refractivity (Wildman–Crippen MR) is 101 cm³/mol. The number of unbranched alkanes of at least 4 members (excludes halogenated alkanes) is 1. The topological polar surface area (TPSA) is 67.2 Å². The summed E-state index contributed by atoms with van der Waals surface area (Å²) in [5.41, 5.74) is 1.61. The molecule has 0 atom stereocenters. The number of carbonyl (C=O) groups excluding carboxylic acids is 2. The van der Waals surface area contributed by atoms with Gasteiger partial charge in [-0.2, -0.15) is 5.10 Å². The smallest absolute Gasteiger partial charge is 0.272 e. The third kappa shape index (κ3) is 4.02. The molecule has 1 N–H and O–H groups in total. The van der Waals surface area contributed by atoms with Crippen molar-refractivity contribution in [2.45, 2.75) is 32.9 Å². The summed E-state index contributed by atoms with van der Waals surface area (Å²) in [5, 5.41) is 8.03. The molecule has 0 spiro atoms. The zero-order valence-electron chi connectivity index (χ0n) is 14.5. The second kappa shape index (κ2) is 8.10. The molecule has 1 aromatic carbocycles. The van der Waals surface area contributed by atoms with Crippen LogP contribution in [0, 0.1) is 0 Å². The third-order valence-electron chi connectivity index (χ3n) is 4.27. The van der Waals surface area contributed by atoms with Gasteiger partial charge in [-0.15, -0.1) is 0 Å². The minimum atomic E-state index is -0.246. The maximum Gasteiger partial charge on any atom is 0.272 e. The van der Waals surface area contributed by atoms with Crippen molar-refractivity contribution in [2.75, 3.05) is 13.1 Å². The van der Waals surface area contributed by atoms with Gasteiger partial charge in [-0.05, 0) is 24.1 Å². The first-order valence-electron chi connectivity index (χ1n) is 8.59. The van der Waals surface area contributed by atoms with Gasteiger partial charge >= 0.3 is 0 Å². The average Bonchev–Trinajstić information content (AvgIpc) is 3.06. The van der Waals surface area contributed by atoms with Crippen LogP contribution in [0.3, 0.4) is 0 Å². The molecule has 0 unspecified atom stereocenters. The molecule has 0 radical (unpaired) electrons. The lowest BCUT2D eigenvalue weighted by atomic mass is 10.2. The summed E-state index contributed by atoms with van der Waals surface area (Å²) in [7, 11) is 0. The second-order valence-corrected chi connectivity index (χ2v) is 7.04. The molecular weight excluding hydrogens is 375 g/mol. The maximum atomic E-state index is 12.7. The number of carbonyl (C=O) groups is 2. The summed E-state index contributed by atoms with van der Waals surface area (Å²) in [5.74, 6) is -0.397. The molecule has 3 rings (SSSR count). The summed E-state index contributed by atoms with van der Waals surface area (Å²) in [6, 6.07) is 6.89. The third-order valence-corrected chi connectivity index (χ3v) is 5.01. The summed E-state index contributed by atoms with van der Waals surface area (Å²) < 4.78 is 1.60. The molecule has 138 valence electrons. The van der Waals surface area contributed by atoms with E-state index >= 15 is 0 Å². The van der Waals surface area contributed by atoms with E-state index in [1.807, 2.05) is 6.07 Å². The molecular formula is C18H20Cl2N4O2. The molecule has 1 aliphatic rings. The van der Waals surface area contributed by atoms with Crippen molar-refractivity contribution in [3.05, 3.63) is 51.3 Å². The van der Waals surface area contributed by atoms with Gasteiger partial charge in [0.25, 0.3) is 11.8 Å². The molecule has 0 fully saturated rings. The van der Waals surface area contributed by atoms with E-state index in [1.165, 1.54) is 0 Å². The van der Waals surface area contributed by atoms with Crippen molar-refractivity contribution in [3.8, 4) is 0 Å². The van der Waals surface area contributed by atoms with Crippen LogP contribution < -0.4 is 5.32 Å². The van der Waals surface area contributed by atoms with E-state index in [4.69, 9.17) is 23.2 Å². The van der Waals surface area contributed by atoms with Crippen molar-refractivity contribution in [2.24, 2.45) is 0 Å². The lowest BCUT2D eigenvalue weighted by Gasteiger charge is -2.27. The van der Waals surface area contributed by atoms with Crippen LogP contribution in [0.1, 0.15) is 46.3 Å². The minimum absolute atomic E-state index is 0.151. The van der Waals surface area contributed by atoms with Gasteiger partial charge in [0.2, 0.25) is 0 Å². The number of fused-ring (bicyclic) bond motifs is 1. The fourth-order valence-corrected chi connectivity index (χ4v) is 3.15. The van der Waals surface area contributed by atoms with Crippen LogP contribution >= 0.6 is 23.2 Å². The number of amides is 2. The van der Waals surface area contributed by atoms with Crippen LogP contribution in [0.25, 0.3) is 0 Å². The van der Waals surface area contributed by atoms with Crippen LogP contribution in [-0.4, -0.2) is 39.6 Å². The fourth-order valence-electron chi connectivity index (χ4n) is 2.83. The van der Waals surface area contributed by atoms with Gasteiger partial charge in [-0.3, -0.25) is 14.3 Å². The number of halogens is 2. The molecule has 6 nitrogen and oxygen atoms in total. The molecule has 0 bridgehead atoms. The lowest BCUT2D eigenvalue weighted by molar-refractivity contribution is 0.0683. The van der Waals surface area contributed by atoms with Crippen molar-refractivity contribution < 1.29 is 9.59 Å². The van der Waals surface area contributed by atoms with Crippen molar-refractivity contribution in [1.82, 2.24) is 20.0 Å². The standard InChI is InChI=1S/C18H20Cl2N4O2/c1-2-3-6-21-17(25)15-10-16-18(26)23(7-8-24(16)22-15)11-12-4-5-13(19)14(20)9-12/h4-5,9-10H,2-3,6-8,11H2,1H3,(H,21,25). The van der Waals surface area contributed by atoms with Crippen molar-refractivity contribution in [3.63, 3.8) is 0 Å². The van der Waals surface area contributed by atoms with Gasteiger partial charge in [-0.1, -0.05) is 42.6 Å². The van der Waals surface area contributed by atoms with E-state index in [0.717, 1.165) is 18.4 Å². The highest BCUT2D eigenvalue weighted by Gasteiger charge is 2.28. The molecule has 2 amide bonds. The first kappa shape index (κ1) is 18.7. The largest absolute Gasteiger partial charge is 0.351 e. The van der Waals surface area contributed by atoms with Crippen LogP contribution in [0.15, 0.2) is 24.3 Å². The van der Waals surface area contributed by atoms with Gasteiger partial charge in [-0.25, -0.2) is 0 Å². The number of hydrogen-bond acceptors (Lipinski definition) is 3. The molecule has 0 saturated carbocycles. The fraction of sp³-hybridized carbons (Fsp3) is 0.389. The summed E-state index contributed by atoms with van der Waals surface area (Å²) in [4.78, 5) is 26.6. The Kier molecular flexibility index (Phi) is 5.84. The number of rotatable bonds is 6. The quantitative estimate of drug-likeness (QED) is 0.763. The van der Waals surface area contributed by atoms with Gasteiger partial charge in [0, 0.05) is 25.7 Å². The Bertz CT molecular complexity index is 835. The molecule has 8 heteroatoms. The first-order chi connectivity index (χ1) is 12.5. The predicted octanol–water partition coefficient (Wildman–Crippen LogP) is 3.38. The number of nitrogens with one attached hydrogen (secondary N) is 1. The van der Waals surface area contributed by atoms with E-state index in [2.05, 4.69) is 17.3 Å². The lowest BCUT2D eigenvalue weighted by Crippen LogP contribution is -2.39. The Labute approximate surface area is 162 Å². The van der Waals surface area contributed by atoms with Crippen molar-refractivity contribution in [1.29, 1.82) is 0 Å². The van der Waals surface area contributed by atoms with Crippen LogP contribution in [0.2, 0.25) is 10.0 Å². The number of benzene rings is 1. The van der Waals surface area contributed by atoms with E-state index in [9.17, 15) is 9.59 Å². The summed E-state index contributed by atoms with van der Waals surface area (Å²) in [6.45, 7) is 4.16. The highest BCUT2D eigenvalue weighted by atomic mass is 35.5. The molecule has 2 aromatic rings. The van der Waals surface area contributed by atoms with Crippen molar-refractivity contribution >= 4 is 35.0 Å². The van der Waals surface area contributed by atoms with Gasteiger partial charge < -0.3 is 10.2 Å². The number of aromatic nitrogens is 2. The Balaban J connectivity index is 1.71. The average molecular weight is 395 g/mol. The molecule has 2 heterocycles. The monoisotopic (exact) mass is 394 g/mol. The summed E-state index contributed by atoms with van der Waals surface area (Å²) in [6.07, 6.45) is 1.91. The Hall–Kier alpha value is -2.05. The number of nitrogens with zero attached hydrogens (tertiary/aromatic N) is 3. The number of hydrogen-bond donors (Lipinski definition) is 1. The van der Waals surface area contributed by atoms with Gasteiger partial charge in [0.15, 0.2) is 5.69 Å². The normalized spacial score (nSPS) is 13.7. The zero-order valence-corrected chi connectivity index (χ0v) is 16.0. The Morgan fingerprint density at radius 3 is 2.77 bits per heavy atom. The maximum absolute atomic E-state index is 12.7. The summed E-state index contributed by atoms with van der Waals surface area (Å²) >= 11 is 12.0. The molecule has 0 aliphatic carbocycles. The SMILES string of the molecule is CCCCNC(=O)c1cc2n(n1)CCN(Cc1ccc(Cl)c(Cl)c1)C2=O. The molecule has 0 saturated heterocycles. The first-order valence-corrected chi connectivity index (χ1v) is 9.34. The molecule has 1 aromatic heterocycles. The highest BCUT2D eigenvalue weighted by molar-refractivity contribution is 6.42. The second-order valence-electron chi connectivity index (χ2n) is 6.22. The highest BCUT2D eigenvalue weighted by Crippen LogP contribution is 2.24. The van der Waals surface area contributed by atoms with Crippen LogP contribution in [0.5, 0.6) is 0 Å². The Morgan fingerprint density at radius 1 is 1.23 bits per heavy atom. The van der Waals surface area contributed by atoms with E-state index < -0.39 is 0 Å². The van der Waals surface area contributed by atoms with Gasteiger partial charge in [0.05, 0.1) is 16.6 Å². The van der Waals surface area contributed by atoms with Crippen LogP contribution in [0.4, 0.5) is 0 Å². The van der Waals surface area contributed by atoms with Gasteiger partial charge in [0.1, 0.15) is 5.69 Å². The Morgan fingerprint density at radius 2 is 2.04 bits per heavy atom. The van der Waals surface area contributed by atoms with E-state index in [0.29, 0.717) is 41.9 Å².